The van der Waals surface area contributed by atoms with Crippen molar-refractivity contribution < 1.29 is 4.79 Å². The fourth-order valence-electron chi connectivity index (χ4n) is 2.71. The number of amides is 1. The van der Waals surface area contributed by atoms with Gasteiger partial charge in [-0.15, -0.1) is 11.3 Å². The van der Waals surface area contributed by atoms with Gasteiger partial charge in [0.15, 0.2) is 5.16 Å². The Balaban J connectivity index is 1.80. The second kappa shape index (κ2) is 9.11. The first-order chi connectivity index (χ1) is 13.4. The first kappa shape index (κ1) is 20.9. The van der Waals surface area contributed by atoms with Crippen LogP contribution < -0.4 is 10.9 Å². The van der Waals surface area contributed by atoms with Crippen LogP contribution in [0.5, 0.6) is 0 Å². The van der Waals surface area contributed by atoms with E-state index in [-0.39, 0.29) is 17.2 Å². The molecular weight excluding hydrogens is 414 g/mol. The first-order valence-electron chi connectivity index (χ1n) is 9.02. The van der Waals surface area contributed by atoms with Crippen LogP contribution in [0.1, 0.15) is 25.8 Å². The maximum absolute atomic E-state index is 12.8. The van der Waals surface area contributed by atoms with Crippen LogP contribution in [0.3, 0.4) is 0 Å². The summed E-state index contributed by atoms with van der Waals surface area (Å²) in [5, 5.41) is 5.81. The average molecular weight is 436 g/mol. The van der Waals surface area contributed by atoms with Gasteiger partial charge in [-0.2, -0.15) is 0 Å². The number of aryl methyl sites for hydroxylation is 1. The van der Waals surface area contributed by atoms with E-state index < -0.39 is 0 Å². The summed E-state index contributed by atoms with van der Waals surface area (Å²) in [6.07, 6.45) is 0.872. The SMILES string of the molecule is Cc1cccc(Cl)c1NC(=O)CSc1nc2ccsc2c(=O)n1CCC(C)C. The number of para-hydroxylation sites is 1. The predicted molar refractivity (Wildman–Crippen MR) is 119 cm³/mol. The molecule has 0 unspecified atom stereocenters. The number of fused-ring (bicyclic) bond motifs is 1. The number of hydrogen-bond donors (Lipinski definition) is 1. The van der Waals surface area contributed by atoms with Crippen molar-refractivity contribution in [3.05, 3.63) is 50.6 Å². The molecule has 148 valence electrons. The van der Waals surface area contributed by atoms with Gasteiger partial charge in [0.1, 0.15) is 4.70 Å². The van der Waals surface area contributed by atoms with Gasteiger partial charge >= 0.3 is 0 Å². The Labute approximate surface area is 177 Å². The molecule has 0 saturated carbocycles. The van der Waals surface area contributed by atoms with Crippen molar-refractivity contribution in [3.63, 3.8) is 0 Å². The zero-order chi connectivity index (χ0) is 20.3. The molecule has 1 amide bonds. The van der Waals surface area contributed by atoms with Crippen LogP contribution in [0.15, 0.2) is 39.6 Å². The molecule has 0 aliphatic heterocycles. The lowest BCUT2D eigenvalue weighted by atomic mass is 10.1. The molecule has 2 heterocycles. The molecule has 0 atom stereocenters. The molecule has 3 rings (SSSR count). The van der Waals surface area contributed by atoms with Crippen LogP contribution in [0.4, 0.5) is 5.69 Å². The third-order valence-electron chi connectivity index (χ3n) is 4.28. The van der Waals surface area contributed by atoms with E-state index in [0.717, 1.165) is 12.0 Å². The molecule has 0 fully saturated rings. The van der Waals surface area contributed by atoms with Crippen molar-refractivity contribution in [2.45, 2.75) is 38.9 Å². The summed E-state index contributed by atoms with van der Waals surface area (Å²) in [6.45, 7) is 6.72. The second-order valence-electron chi connectivity index (χ2n) is 6.94. The van der Waals surface area contributed by atoms with Gasteiger partial charge < -0.3 is 5.32 Å². The highest BCUT2D eigenvalue weighted by Crippen LogP contribution is 2.26. The van der Waals surface area contributed by atoms with Gasteiger partial charge in [0, 0.05) is 6.54 Å². The molecule has 1 aromatic carbocycles. The zero-order valence-corrected chi connectivity index (χ0v) is 18.4. The number of nitrogens with zero attached hydrogens (tertiary/aromatic N) is 2. The largest absolute Gasteiger partial charge is 0.324 e. The third kappa shape index (κ3) is 4.77. The number of thioether (sulfide) groups is 1. The molecule has 8 heteroatoms. The van der Waals surface area contributed by atoms with Crippen molar-refractivity contribution in [1.82, 2.24) is 9.55 Å². The van der Waals surface area contributed by atoms with Crippen LogP contribution in [-0.2, 0) is 11.3 Å². The Hall–Kier alpha value is -1.83. The first-order valence-corrected chi connectivity index (χ1v) is 11.3. The topological polar surface area (TPSA) is 64.0 Å². The molecule has 5 nitrogen and oxygen atoms in total. The van der Waals surface area contributed by atoms with Crippen LogP contribution in [0.25, 0.3) is 10.2 Å². The molecule has 0 aliphatic rings. The Kier molecular flexibility index (Phi) is 6.80. The van der Waals surface area contributed by atoms with Gasteiger partial charge in [-0.1, -0.05) is 49.3 Å². The van der Waals surface area contributed by atoms with E-state index >= 15 is 0 Å². The summed E-state index contributed by atoms with van der Waals surface area (Å²) in [4.78, 5) is 29.9. The highest BCUT2D eigenvalue weighted by atomic mass is 35.5. The van der Waals surface area contributed by atoms with Crippen molar-refractivity contribution in [2.75, 3.05) is 11.1 Å². The monoisotopic (exact) mass is 435 g/mol. The van der Waals surface area contributed by atoms with Crippen LogP contribution in [0, 0.1) is 12.8 Å². The number of benzene rings is 1. The summed E-state index contributed by atoms with van der Waals surface area (Å²) in [5.74, 6) is 0.431. The van der Waals surface area contributed by atoms with E-state index in [1.165, 1.54) is 23.1 Å². The minimum absolute atomic E-state index is 0.0366. The van der Waals surface area contributed by atoms with E-state index in [1.807, 2.05) is 30.5 Å². The summed E-state index contributed by atoms with van der Waals surface area (Å²) in [6, 6.07) is 7.32. The number of halogens is 1. The number of nitrogens with one attached hydrogen (secondary N) is 1. The zero-order valence-electron chi connectivity index (χ0n) is 16.0. The molecule has 2 aromatic heterocycles. The Morgan fingerprint density at radius 1 is 1.36 bits per heavy atom. The standard InChI is InChI=1S/C20H22ClN3O2S2/c1-12(2)7-9-24-19(26)18-15(8-10-27-18)22-20(24)28-11-16(25)23-17-13(3)5-4-6-14(17)21/h4-6,8,10,12H,7,9,11H2,1-3H3,(H,23,25). The van der Waals surface area contributed by atoms with Crippen molar-refractivity contribution in [3.8, 4) is 0 Å². The van der Waals surface area contributed by atoms with Gasteiger partial charge in [-0.05, 0) is 42.3 Å². The summed E-state index contributed by atoms with van der Waals surface area (Å²) >= 11 is 8.86. The number of aromatic nitrogens is 2. The van der Waals surface area contributed by atoms with Crippen molar-refractivity contribution in [2.24, 2.45) is 5.92 Å². The minimum Gasteiger partial charge on any atom is -0.324 e. The molecule has 0 aliphatic carbocycles. The lowest BCUT2D eigenvalue weighted by Crippen LogP contribution is -2.24. The Bertz CT molecular complexity index is 1040. The van der Waals surface area contributed by atoms with Gasteiger partial charge in [0.2, 0.25) is 5.91 Å². The normalized spacial score (nSPS) is 11.3. The predicted octanol–water partition coefficient (Wildman–Crippen LogP) is 5.20. The van der Waals surface area contributed by atoms with E-state index in [1.54, 1.807) is 10.6 Å². The number of anilines is 1. The molecule has 0 radical (unpaired) electrons. The molecule has 3 aromatic rings. The summed E-state index contributed by atoms with van der Waals surface area (Å²) in [7, 11) is 0. The summed E-state index contributed by atoms with van der Waals surface area (Å²) in [5.41, 5.74) is 2.16. The third-order valence-corrected chi connectivity index (χ3v) is 6.46. The highest BCUT2D eigenvalue weighted by molar-refractivity contribution is 7.99. The van der Waals surface area contributed by atoms with Crippen LogP contribution >= 0.6 is 34.7 Å². The molecule has 0 saturated heterocycles. The quantitative estimate of drug-likeness (QED) is 0.409. The lowest BCUT2D eigenvalue weighted by Gasteiger charge is -2.14. The Morgan fingerprint density at radius 2 is 2.14 bits per heavy atom. The van der Waals surface area contributed by atoms with E-state index in [2.05, 4.69) is 24.1 Å². The van der Waals surface area contributed by atoms with Crippen LogP contribution in [0.2, 0.25) is 5.02 Å². The fourth-order valence-corrected chi connectivity index (χ4v) is 4.59. The van der Waals surface area contributed by atoms with Gasteiger partial charge in [0.25, 0.3) is 5.56 Å². The van der Waals surface area contributed by atoms with Gasteiger partial charge in [0.05, 0.1) is 22.0 Å². The Morgan fingerprint density at radius 3 is 2.86 bits per heavy atom. The van der Waals surface area contributed by atoms with E-state index in [9.17, 15) is 9.59 Å². The maximum Gasteiger partial charge on any atom is 0.272 e. The van der Waals surface area contributed by atoms with E-state index in [0.29, 0.717) is 38.5 Å². The fraction of sp³-hybridized carbons (Fsp3) is 0.350. The molecular formula is C20H22ClN3O2S2. The van der Waals surface area contributed by atoms with Crippen LogP contribution in [-0.4, -0.2) is 21.2 Å². The molecule has 1 N–H and O–H groups in total. The minimum atomic E-state index is -0.184. The van der Waals surface area contributed by atoms with Gasteiger partial charge in [-0.3, -0.25) is 14.2 Å². The van der Waals surface area contributed by atoms with E-state index in [4.69, 9.17) is 11.6 Å². The number of hydrogen-bond acceptors (Lipinski definition) is 5. The summed E-state index contributed by atoms with van der Waals surface area (Å²) < 4.78 is 2.35. The highest BCUT2D eigenvalue weighted by Gasteiger charge is 2.15. The molecule has 28 heavy (non-hydrogen) atoms. The average Bonchev–Trinajstić information content (AvgIpc) is 3.11. The van der Waals surface area contributed by atoms with Crippen molar-refractivity contribution in [1.29, 1.82) is 0 Å². The van der Waals surface area contributed by atoms with Crippen molar-refractivity contribution >= 4 is 56.5 Å². The van der Waals surface area contributed by atoms with Gasteiger partial charge in [-0.25, -0.2) is 4.98 Å². The second-order valence-corrected chi connectivity index (χ2v) is 9.20. The number of carbonyl (C=O) groups excluding carboxylic acids is 1. The number of thiophene rings is 1. The smallest absolute Gasteiger partial charge is 0.272 e. The molecule has 0 spiro atoms. The number of rotatable bonds is 7. The molecule has 0 bridgehead atoms. The number of carbonyl (C=O) groups is 1. The lowest BCUT2D eigenvalue weighted by molar-refractivity contribution is -0.113. The maximum atomic E-state index is 12.8.